The lowest BCUT2D eigenvalue weighted by atomic mass is 9.94. The lowest BCUT2D eigenvalue weighted by molar-refractivity contribution is 0.227. The van der Waals surface area contributed by atoms with Crippen molar-refractivity contribution in [1.82, 2.24) is 10.2 Å². The Kier molecular flexibility index (Phi) is 3.91. The molecule has 3 nitrogen and oxygen atoms in total. The van der Waals surface area contributed by atoms with E-state index in [1.165, 1.54) is 25.9 Å². The van der Waals surface area contributed by atoms with Crippen LogP contribution in [0, 0.1) is 16.7 Å². The van der Waals surface area contributed by atoms with Crippen molar-refractivity contribution >= 4 is 0 Å². The highest BCUT2D eigenvalue weighted by Gasteiger charge is 2.21. The number of nitriles is 1. The molecule has 0 atom stereocenters. The standard InChI is InChI=1S/C11H21N3/c1-11(2,8-12)9-13-10-4-6-14(3)7-5-10/h10,13H,4-7,9H2,1-3H3. The SMILES string of the molecule is CN1CCC(NCC(C)(C)C#N)CC1. The van der Waals surface area contributed by atoms with E-state index in [0.29, 0.717) is 6.04 Å². The van der Waals surface area contributed by atoms with Crippen molar-refractivity contribution in [2.75, 3.05) is 26.7 Å². The fourth-order valence-electron chi connectivity index (χ4n) is 1.65. The Hall–Kier alpha value is -0.590. The van der Waals surface area contributed by atoms with Gasteiger partial charge in [0.25, 0.3) is 0 Å². The highest BCUT2D eigenvalue weighted by molar-refractivity contribution is 4.94. The van der Waals surface area contributed by atoms with E-state index < -0.39 is 0 Å². The van der Waals surface area contributed by atoms with Crippen LogP contribution < -0.4 is 5.32 Å². The van der Waals surface area contributed by atoms with Crippen molar-refractivity contribution in [1.29, 1.82) is 5.26 Å². The third kappa shape index (κ3) is 3.65. The first kappa shape index (κ1) is 11.5. The van der Waals surface area contributed by atoms with Crippen molar-refractivity contribution < 1.29 is 0 Å². The Morgan fingerprint density at radius 2 is 2.00 bits per heavy atom. The fourth-order valence-corrected chi connectivity index (χ4v) is 1.65. The van der Waals surface area contributed by atoms with Gasteiger partial charge in [0.1, 0.15) is 0 Å². The number of rotatable bonds is 3. The Morgan fingerprint density at radius 3 is 2.50 bits per heavy atom. The number of likely N-dealkylation sites (tertiary alicyclic amines) is 1. The van der Waals surface area contributed by atoms with Gasteiger partial charge in [-0.25, -0.2) is 0 Å². The molecule has 1 aliphatic heterocycles. The van der Waals surface area contributed by atoms with E-state index in [0.717, 1.165) is 6.54 Å². The highest BCUT2D eigenvalue weighted by Crippen LogP contribution is 2.14. The van der Waals surface area contributed by atoms with E-state index in [-0.39, 0.29) is 5.41 Å². The van der Waals surface area contributed by atoms with Crippen LogP contribution in [0.15, 0.2) is 0 Å². The minimum Gasteiger partial charge on any atom is -0.312 e. The van der Waals surface area contributed by atoms with Gasteiger partial charge in [-0.15, -0.1) is 0 Å². The van der Waals surface area contributed by atoms with Gasteiger partial charge in [0.15, 0.2) is 0 Å². The molecule has 1 rings (SSSR count). The number of nitrogens with one attached hydrogen (secondary N) is 1. The van der Waals surface area contributed by atoms with Gasteiger partial charge >= 0.3 is 0 Å². The first-order chi connectivity index (χ1) is 6.53. The summed E-state index contributed by atoms with van der Waals surface area (Å²) >= 11 is 0. The number of nitrogens with zero attached hydrogens (tertiary/aromatic N) is 2. The second-order valence-electron chi connectivity index (χ2n) is 4.95. The molecule has 1 aliphatic rings. The smallest absolute Gasteiger partial charge is 0.0697 e. The summed E-state index contributed by atoms with van der Waals surface area (Å²) in [5, 5.41) is 12.4. The zero-order chi connectivity index (χ0) is 10.6. The van der Waals surface area contributed by atoms with Gasteiger partial charge in [-0.05, 0) is 46.8 Å². The lowest BCUT2D eigenvalue weighted by Gasteiger charge is -2.31. The average Bonchev–Trinajstić information content (AvgIpc) is 2.17. The third-order valence-corrected chi connectivity index (χ3v) is 2.85. The number of piperidine rings is 1. The molecule has 0 bridgehead atoms. The predicted molar refractivity (Wildman–Crippen MR) is 57.9 cm³/mol. The molecule has 0 spiro atoms. The molecule has 0 aromatic heterocycles. The molecule has 80 valence electrons. The van der Waals surface area contributed by atoms with Gasteiger partial charge < -0.3 is 10.2 Å². The van der Waals surface area contributed by atoms with E-state index in [1.807, 2.05) is 13.8 Å². The molecular formula is C11H21N3. The Bertz CT molecular complexity index is 209. The topological polar surface area (TPSA) is 39.1 Å². The summed E-state index contributed by atoms with van der Waals surface area (Å²) in [5.41, 5.74) is -0.233. The summed E-state index contributed by atoms with van der Waals surface area (Å²) in [6, 6.07) is 2.93. The van der Waals surface area contributed by atoms with Crippen LogP contribution in [0.4, 0.5) is 0 Å². The molecule has 1 heterocycles. The van der Waals surface area contributed by atoms with Crippen LogP contribution in [0.5, 0.6) is 0 Å². The van der Waals surface area contributed by atoms with Crippen molar-refractivity contribution in [3.63, 3.8) is 0 Å². The van der Waals surface area contributed by atoms with Crippen molar-refractivity contribution in [3.8, 4) is 6.07 Å². The number of hydrogen-bond acceptors (Lipinski definition) is 3. The normalized spacial score (nSPS) is 20.7. The molecule has 0 aliphatic carbocycles. The maximum Gasteiger partial charge on any atom is 0.0697 e. The van der Waals surface area contributed by atoms with E-state index >= 15 is 0 Å². The Morgan fingerprint density at radius 1 is 1.43 bits per heavy atom. The molecule has 3 heteroatoms. The van der Waals surface area contributed by atoms with Crippen molar-refractivity contribution in [2.45, 2.75) is 32.7 Å². The Balaban J connectivity index is 2.23. The van der Waals surface area contributed by atoms with E-state index in [1.54, 1.807) is 0 Å². The largest absolute Gasteiger partial charge is 0.312 e. The van der Waals surface area contributed by atoms with Gasteiger partial charge in [0.2, 0.25) is 0 Å². The minimum absolute atomic E-state index is 0.233. The number of hydrogen-bond donors (Lipinski definition) is 1. The van der Waals surface area contributed by atoms with Crippen LogP contribution >= 0.6 is 0 Å². The summed E-state index contributed by atoms with van der Waals surface area (Å²) < 4.78 is 0. The molecule has 1 saturated heterocycles. The molecule has 1 N–H and O–H groups in total. The van der Waals surface area contributed by atoms with Crippen molar-refractivity contribution in [2.24, 2.45) is 5.41 Å². The molecule has 0 saturated carbocycles. The van der Waals surface area contributed by atoms with E-state index in [9.17, 15) is 0 Å². The zero-order valence-corrected chi connectivity index (χ0v) is 9.51. The quantitative estimate of drug-likeness (QED) is 0.736. The second kappa shape index (κ2) is 4.77. The lowest BCUT2D eigenvalue weighted by Crippen LogP contribution is -2.43. The maximum atomic E-state index is 8.87. The summed E-state index contributed by atoms with van der Waals surface area (Å²) in [6.45, 7) is 7.11. The summed E-state index contributed by atoms with van der Waals surface area (Å²) in [7, 11) is 2.16. The Labute approximate surface area is 87.1 Å². The van der Waals surface area contributed by atoms with Gasteiger partial charge in [-0.3, -0.25) is 0 Å². The van der Waals surface area contributed by atoms with Crippen LogP contribution in [0.3, 0.4) is 0 Å². The van der Waals surface area contributed by atoms with Gasteiger partial charge in [0, 0.05) is 12.6 Å². The van der Waals surface area contributed by atoms with E-state index in [4.69, 9.17) is 5.26 Å². The van der Waals surface area contributed by atoms with Crippen LogP contribution in [-0.4, -0.2) is 37.6 Å². The highest BCUT2D eigenvalue weighted by atomic mass is 15.1. The van der Waals surface area contributed by atoms with E-state index in [2.05, 4.69) is 23.3 Å². The van der Waals surface area contributed by atoms with Crippen molar-refractivity contribution in [3.05, 3.63) is 0 Å². The molecule has 0 aromatic rings. The predicted octanol–water partition coefficient (Wildman–Crippen LogP) is 1.22. The van der Waals surface area contributed by atoms with Crippen LogP contribution in [0.1, 0.15) is 26.7 Å². The first-order valence-electron chi connectivity index (χ1n) is 5.37. The second-order valence-corrected chi connectivity index (χ2v) is 4.95. The molecule has 0 aromatic carbocycles. The van der Waals surface area contributed by atoms with Gasteiger partial charge in [0.05, 0.1) is 11.5 Å². The average molecular weight is 195 g/mol. The van der Waals surface area contributed by atoms with Gasteiger partial charge in [-0.2, -0.15) is 5.26 Å². The zero-order valence-electron chi connectivity index (χ0n) is 9.51. The third-order valence-electron chi connectivity index (χ3n) is 2.85. The summed E-state index contributed by atoms with van der Waals surface area (Å²) in [4.78, 5) is 2.35. The molecule has 0 unspecified atom stereocenters. The fraction of sp³-hybridized carbons (Fsp3) is 0.909. The van der Waals surface area contributed by atoms with Crippen LogP contribution in [0.25, 0.3) is 0 Å². The monoisotopic (exact) mass is 195 g/mol. The molecule has 1 fully saturated rings. The summed E-state index contributed by atoms with van der Waals surface area (Å²) in [6.07, 6.45) is 2.41. The first-order valence-corrected chi connectivity index (χ1v) is 5.37. The molecular weight excluding hydrogens is 174 g/mol. The summed E-state index contributed by atoms with van der Waals surface area (Å²) in [5.74, 6) is 0. The van der Waals surface area contributed by atoms with Crippen LogP contribution in [-0.2, 0) is 0 Å². The molecule has 0 amide bonds. The molecule has 0 radical (unpaired) electrons. The van der Waals surface area contributed by atoms with Gasteiger partial charge in [-0.1, -0.05) is 0 Å². The molecule has 14 heavy (non-hydrogen) atoms. The minimum atomic E-state index is -0.233. The maximum absolute atomic E-state index is 8.87. The van der Waals surface area contributed by atoms with Crippen LogP contribution in [0.2, 0.25) is 0 Å².